The van der Waals surface area contributed by atoms with Crippen LogP contribution in [0, 0.1) is 0 Å². The van der Waals surface area contributed by atoms with Crippen LogP contribution in [0.2, 0.25) is 0 Å². The Bertz CT molecular complexity index is 763. The van der Waals surface area contributed by atoms with E-state index in [9.17, 15) is 0 Å². The second kappa shape index (κ2) is 10.7. The van der Waals surface area contributed by atoms with Crippen molar-refractivity contribution >= 4 is 5.82 Å². The first kappa shape index (κ1) is 21.8. The van der Waals surface area contributed by atoms with Gasteiger partial charge >= 0.3 is 0 Å². The normalized spacial score (nSPS) is 10.8. The second-order valence-electron chi connectivity index (χ2n) is 6.89. The molecule has 2 rings (SSSR count). The Labute approximate surface area is 168 Å². The molecule has 0 unspecified atom stereocenters. The van der Waals surface area contributed by atoms with Crippen molar-refractivity contribution in [3.05, 3.63) is 23.9 Å². The predicted octanol–water partition coefficient (Wildman–Crippen LogP) is 5.11. The lowest BCUT2D eigenvalue weighted by Gasteiger charge is -2.17. The van der Waals surface area contributed by atoms with Crippen LogP contribution in [0.5, 0.6) is 17.4 Å². The molecule has 0 spiro atoms. The van der Waals surface area contributed by atoms with Crippen LogP contribution in [0.1, 0.15) is 52.7 Å². The third kappa shape index (κ3) is 5.50. The number of methoxy groups -OCH3 is 2. The Morgan fingerprint density at radius 1 is 1.04 bits per heavy atom. The number of aromatic nitrogens is 2. The monoisotopic (exact) mass is 387 g/mol. The SMILES string of the molecule is CCCCCNc1nc(CC)c(-c2ccc(OC(C)C)cc2OC)nc1OC. The summed E-state index contributed by atoms with van der Waals surface area (Å²) in [5.41, 5.74) is 2.54. The molecule has 0 saturated carbocycles. The number of ether oxygens (including phenoxy) is 3. The number of nitrogens with zero attached hydrogens (tertiary/aromatic N) is 2. The number of unbranched alkanes of at least 4 members (excludes halogenated alkanes) is 2. The van der Waals surface area contributed by atoms with E-state index in [1.54, 1.807) is 14.2 Å². The Morgan fingerprint density at radius 2 is 1.82 bits per heavy atom. The standard InChI is InChI=1S/C22H33N3O3/c1-7-9-10-13-23-21-22(27-6)25-20(18(8-2)24-21)17-12-11-16(28-15(3)4)14-19(17)26-5/h11-12,14-15H,7-10,13H2,1-6H3,(H,23,24). The zero-order valence-electron chi connectivity index (χ0n) is 18.0. The minimum absolute atomic E-state index is 0.0970. The van der Waals surface area contributed by atoms with Gasteiger partial charge in [0.2, 0.25) is 0 Å². The van der Waals surface area contributed by atoms with Crippen molar-refractivity contribution in [3.63, 3.8) is 0 Å². The Hall–Kier alpha value is -2.50. The first-order valence-electron chi connectivity index (χ1n) is 10.1. The molecule has 28 heavy (non-hydrogen) atoms. The van der Waals surface area contributed by atoms with Gasteiger partial charge in [0.05, 0.1) is 31.7 Å². The molecule has 0 radical (unpaired) electrons. The summed E-state index contributed by atoms with van der Waals surface area (Å²) in [5, 5.41) is 3.36. The molecular weight excluding hydrogens is 354 g/mol. The highest BCUT2D eigenvalue weighted by Crippen LogP contribution is 2.36. The Balaban J connectivity index is 2.41. The van der Waals surface area contributed by atoms with Crippen LogP contribution in [-0.2, 0) is 6.42 Å². The minimum atomic E-state index is 0.0970. The number of hydrogen-bond donors (Lipinski definition) is 1. The van der Waals surface area contributed by atoms with Crippen molar-refractivity contribution in [2.45, 2.75) is 59.5 Å². The average Bonchev–Trinajstić information content (AvgIpc) is 2.70. The highest BCUT2D eigenvalue weighted by Gasteiger charge is 2.18. The summed E-state index contributed by atoms with van der Waals surface area (Å²) >= 11 is 0. The smallest absolute Gasteiger partial charge is 0.257 e. The number of hydrogen-bond acceptors (Lipinski definition) is 6. The summed E-state index contributed by atoms with van der Waals surface area (Å²) in [6.07, 6.45) is 4.31. The van der Waals surface area contributed by atoms with Crippen molar-refractivity contribution in [1.82, 2.24) is 9.97 Å². The van der Waals surface area contributed by atoms with Crippen LogP contribution in [-0.4, -0.2) is 36.8 Å². The van der Waals surface area contributed by atoms with Gasteiger partial charge in [-0.25, -0.2) is 9.97 Å². The first-order chi connectivity index (χ1) is 13.5. The van der Waals surface area contributed by atoms with Gasteiger partial charge in [0.25, 0.3) is 5.88 Å². The van der Waals surface area contributed by atoms with Crippen molar-refractivity contribution < 1.29 is 14.2 Å². The molecule has 0 amide bonds. The molecular formula is C22H33N3O3. The molecule has 1 heterocycles. The maximum Gasteiger partial charge on any atom is 0.257 e. The van der Waals surface area contributed by atoms with Gasteiger partial charge in [-0.3, -0.25) is 0 Å². The zero-order valence-corrected chi connectivity index (χ0v) is 18.0. The van der Waals surface area contributed by atoms with E-state index >= 15 is 0 Å². The molecule has 0 aliphatic heterocycles. The van der Waals surface area contributed by atoms with Crippen LogP contribution >= 0.6 is 0 Å². The molecule has 1 aromatic carbocycles. The number of rotatable bonds is 11. The minimum Gasteiger partial charge on any atom is -0.496 e. The highest BCUT2D eigenvalue weighted by molar-refractivity contribution is 5.72. The first-order valence-corrected chi connectivity index (χ1v) is 10.1. The van der Waals surface area contributed by atoms with E-state index in [0.29, 0.717) is 17.4 Å². The predicted molar refractivity (Wildman–Crippen MR) is 114 cm³/mol. The van der Waals surface area contributed by atoms with E-state index in [1.807, 2.05) is 32.0 Å². The molecule has 2 aromatic rings. The van der Waals surface area contributed by atoms with E-state index in [4.69, 9.17) is 24.2 Å². The number of anilines is 1. The van der Waals surface area contributed by atoms with Crippen molar-refractivity contribution in [2.24, 2.45) is 0 Å². The van der Waals surface area contributed by atoms with Gasteiger partial charge in [0, 0.05) is 18.2 Å². The van der Waals surface area contributed by atoms with Crippen LogP contribution in [0.15, 0.2) is 18.2 Å². The fraction of sp³-hybridized carbons (Fsp3) is 0.545. The molecule has 6 nitrogen and oxygen atoms in total. The zero-order chi connectivity index (χ0) is 20.5. The summed E-state index contributed by atoms with van der Waals surface area (Å²) in [5.74, 6) is 2.65. The van der Waals surface area contributed by atoms with Gasteiger partial charge in [0.1, 0.15) is 11.5 Å². The van der Waals surface area contributed by atoms with Crippen LogP contribution in [0.25, 0.3) is 11.3 Å². The molecule has 0 aliphatic carbocycles. The summed E-state index contributed by atoms with van der Waals surface area (Å²) in [6.45, 7) is 9.11. The molecule has 0 fully saturated rings. The molecule has 0 aliphatic rings. The topological polar surface area (TPSA) is 65.5 Å². The fourth-order valence-electron chi connectivity index (χ4n) is 2.97. The lowest BCUT2D eigenvalue weighted by Crippen LogP contribution is -2.10. The fourth-order valence-corrected chi connectivity index (χ4v) is 2.97. The number of benzene rings is 1. The quantitative estimate of drug-likeness (QED) is 0.540. The Morgan fingerprint density at radius 3 is 2.43 bits per heavy atom. The van der Waals surface area contributed by atoms with Crippen LogP contribution < -0.4 is 19.5 Å². The molecule has 1 N–H and O–H groups in total. The van der Waals surface area contributed by atoms with Crippen LogP contribution in [0.3, 0.4) is 0 Å². The summed E-state index contributed by atoms with van der Waals surface area (Å²) in [6, 6.07) is 5.79. The summed E-state index contributed by atoms with van der Waals surface area (Å²) in [4.78, 5) is 9.56. The molecule has 154 valence electrons. The van der Waals surface area contributed by atoms with E-state index in [2.05, 4.69) is 19.2 Å². The van der Waals surface area contributed by atoms with Gasteiger partial charge in [-0.2, -0.15) is 0 Å². The highest BCUT2D eigenvalue weighted by atomic mass is 16.5. The van der Waals surface area contributed by atoms with E-state index in [-0.39, 0.29) is 6.10 Å². The third-order valence-corrected chi connectivity index (χ3v) is 4.34. The van der Waals surface area contributed by atoms with Crippen molar-refractivity contribution in [1.29, 1.82) is 0 Å². The second-order valence-corrected chi connectivity index (χ2v) is 6.89. The van der Waals surface area contributed by atoms with Crippen LogP contribution in [0.4, 0.5) is 5.82 Å². The molecule has 0 saturated heterocycles. The van der Waals surface area contributed by atoms with E-state index in [1.165, 1.54) is 12.8 Å². The summed E-state index contributed by atoms with van der Waals surface area (Å²) < 4.78 is 16.9. The number of nitrogens with one attached hydrogen (secondary N) is 1. The maximum atomic E-state index is 5.78. The number of aryl methyl sites for hydroxylation is 1. The third-order valence-electron chi connectivity index (χ3n) is 4.34. The van der Waals surface area contributed by atoms with E-state index < -0.39 is 0 Å². The summed E-state index contributed by atoms with van der Waals surface area (Å²) in [7, 11) is 3.27. The Kier molecular flexibility index (Phi) is 8.36. The van der Waals surface area contributed by atoms with Crippen molar-refractivity contribution in [3.8, 4) is 28.6 Å². The van der Waals surface area contributed by atoms with Crippen molar-refractivity contribution in [2.75, 3.05) is 26.1 Å². The van der Waals surface area contributed by atoms with Gasteiger partial charge in [-0.05, 0) is 38.8 Å². The maximum absolute atomic E-state index is 5.78. The van der Waals surface area contributed by atoms with Gasteiger partial charge < -0.3 is 19.5 Å². The lowest BCUT2D eigenvalue weighted by atomic mass is 10.1. The molecule has 6 heteroatoms. The molecule has 0 atom stereocenters. The van der Waals surface area contributed by atoms with Gasteiger partial charge in [-0.1, -0.05) is 26.7 Å². The lowest BCUT2D eigenvalue weighted by molar-refractivity contribution is 0.241. The largest absolute Gasteiger partial charge is 0.496 e. The molecule has 0 bridgehead atoms. The van der Waals surface area contributed by atoms with Gasteiger partial charge in [0.15, 0.2) is 5.82 Å². The van der Waals surface area contributed by atoms with Gasteiger partial charge in [-0.15, -0.1) is 0 Å². The average molecular weight is 388 g/mol. The van der Waals surface area contributed by atoms with E-state index in [0.717, 1.165) is 42.1 Å². The molecule has 1 aromatic heterocycles.